The molecule has 0 saturated carbocycles. The Hall–Kier alpha value is -2.07. The van der Waals surface area contributed by atoms with Crippen LogP contribution in [0.2, 0.25) is 0 Å². The first-order valence-corrected chi connectivity index (χ1v) is 11.3. The SMILES string of the molecule is CN=C(NCCNC(=O)c1ccco1)N1CCC2C(CCCN2Cc2ccccc2)C1.I. The number of likely N-dealkylation sites (tertiary alicyclic amines) is 2. The minimum absolute atomic E-state index is 0. The number of benzene rings is 1. The summed E-state index contributed by atoms with van der Waals surface area (Å²) in [4.78, 5) is 21.5. The van der Waals surface area contributed by atoms with Crippen LogP contribution in [-0.2, 0) is 6.54 Å². The van der Waals surface area contributed by atoms with Crippen LogP contribution in [0.25, 0.3) is 0 Å². The van der Waals surface area contributed by atoms with Gasteiger partial charge in [0.25, 0.3) is 5.91 Å². The van der Waals surface area contributed by atoms with Gasteiger partial charge < -0.3 is 20.0 Å². The fourth-order valence-electron chi connectivity index (χ4n) is 4.89. The van der Waals surface area contributed by atoms with Crippen LogP contribution < -0.4 is 10.6 Å². The zero-order valence-electron chi connectivity index (χ0n) is 18.7. The summed E-state index contributed by atoms with van der Waals surface area (Å²) in [7, 11) is 1.83. The van der Waals surface area contributed by atoms with Crippen molar-refractivity contribution in [2.75, 3.05) is 39.8 Å². The maximum atomic E-state index is 12.0. The number of hydrogen-bond donors (Lipinski definition) is 2. The lowest BCUT2D eigenvalue weighted by atomic mass is 9.83. The molecule has 2 fully saturated rings. The molecule has 32 heavy (non-hydrogen) atoms. The maximum Gasteiger partial charge on any atom is 0.287 e. The Morgan fingerprint density at radius 3 is 2.66 bits per heavy atom. The Labute approximate surface area is 207 Å². The van der Waals surface area contributed by atoms with Crippen molar-refractivity contribution < 1.29 is 9.21 Å². The summed E-state index contributed by atoms with van der Waals surface area (Å²) in [6, 6.07) is 14.8. The summed E-state index contributed by atoms with van der Waals surface area (Å²) in [5.74, 6) is 1.74. The normalized spacial score (nSPS) is 21.4. The third-order valence-electron chi connectivity index (χ3n) is 6.36. The van der Waals surface area contributed by atoms with Crippen LogP contribution >= 0.6 is 24.0 Å². The van der Waals surface area contributed by atoms with E-state index in [4.69, 9.17) is 4.42 Å². The third-order valence-corrected chi connectivity index (χ3v) is 6.36. The molecule has 2 aliphatic heterocycles. The first kappa shape index (κ1) is 24.6. The lowest BCUT2D eigenvalue weighted by Gasteiger charge is -2.48. The number of nitrogens with one attached hydrogen (secondary N) is 2. The molecule has 2 atom stereocenters. The van der Waals surface area contributed by atoms with Crippen LogP contribution in [0, 0.1) is 5.92 Å². The molecule has 1 aromatic carbocycles. The van der Waals surface area contributed by atoms with E-state index in [1.165, 1.54) is 31.2 Å². The fourth-order valence-corrected chi connectivity index (χ4v) is 4.89. The number of carbonyl (C=O) groups excluding carboxylic acids is 1. The predicted octanol–water partition coefficient (Wildman–Crippen LogP) is 3.19. The van der Waals surface area contributed by atoms with Crippen molar-refractivity contribution in [3.63, 3.8) is 0 Å². The minimum atomic E-state index is -0.191. The highest BCUT2D eigenvalue weighted by atomic mass is 127. The Kier molecular flexibility index (Phi) is 9.40. The highest BCUT2D eigenvalue weighted by Crippen LogP contribution is 2.31. The van der Waals surface area contributed by atoms with Gasteiger partial charge in [-0.1, -0.05) is 30.3 Å². The average molecular weight is 551 g/mol. The predicted molar refractivity (Wildman–Crippen MR) is 137 cm³/mol. The highest BCUT2D eigenvalue weighted by Gasteiger charge is 2.36. The van der Waals surface area contributed by atoms with Crippen LogP contribution in [0.3, 0.4) is 0 Å². The molecule has 1 aromatic heterocycles. The van der Waals surface area contributed by atoms with Gasteiger partial charge in [0.05, 0.1) is 6.26 Å². The van der Waals surface area contributed by atoms with E-state index in [2.05, 4.69) is 55.8 Å². The van der Waals surface area contributed by atoms with E-state index < -0.39 is 0 Å². The maximum absolute atomic E-state index is 12.0. The van der Waals surface area contributed by atoms with E-state index in [1.54, 1.807) is 12.1 Å². The summed E-state index contributed by atoms with van der Waals surface area (Å²) in [6.45, 7) is 5.43. The molecule has 0 spiro atoms. The lowest BCUT2D eigenvalue weighted by molar-refractivity contribution is 0.0373. The molecule has 4 rings (SSSR count). The smallest absolute Gasteiger partial charge is 0.287 e. The summed E-state index contributed by atoms with van der Waals surface area (Å²) >= 11 is 0. The average Bonchev–Trinajstić information content (AvgIpc) is 3.35. The molecular weight excluding hydrogens is 517 g/mol. The van der Waals surface area contributed by atoms with E-state index in [0.29, 0.717) is 30.8 Å². The number of amides is 1. The fraction of sp³-hybridized carbons (Fsp3) is 0.500. The Bertz CT molecular complexity index is 859. The molecule has 0 bridgehead atoms. The second kappa shape index (κ2) is 12.2. The molecule has 2 N–H and O–H groups in total. The number of rotatable bonds is 6. The van der Waals surface area contributed by atoms with Crippen LogP contribution in [0.15, 0.2) is 58.1 Å². The molecule has 0 radical (unpaired) electrons. The zero-order chi connectivity index (χ0) is 21.5. The molecule has 8 heteroatoms. The van der Waals surface area contributed by atoms with E-state index >= 15 is 0 Å². The topological polar surface area (TPSA) is 73.1 Å². The van der Waals surface area contributed by atoms with Crippen molar-refractivity contribution in [1.29, 1.82) is 0 Å². The monoisotopic (exact) mass is 551 g/mol. The van der Waals surface area contributed by atoms with Gasteiger partial charge in [0.1, 0.15) is 0 Å². The van der Waals surface area contributed by atoms with Gasteiger partial charge in [0.2, 0.25) is 0 Å². The summed E-state index contributed by atoms with van der Waals surface area (Å²) < 4.78 is 5.12. The van der Waals surface area contributed by atoms with Gasteiger partial charge in [-0.25, -0.2) is 0 Å². The van der Waals surface area contributed by atoms with Crippen molar-refractivity contribution in [1.82, 2.24) is 20.4 Å². The molecule has 3 heterocycles. The van der Waals surface area contributed by atoms with Crippen LogP contribution in [0.1, 0.15) is 35.4 Å². The number of hydrogen-bond acceptors (Lipinski definition) is 4. The molecule has 7 nitrogen and oxygen atoms in total. The highest BCUT2D eigenvalue weighted by molar-refractivity contribution is 14.0. The van der Waals surface area contributed by atoms with E-state index in [9.17, 15) is 4.79 Å². The first-order valence-electron chi connectivity index (χ1n) is 11.3. The molecule has 1 amide bonds. The number of fused-ring (bicyclic) bond motifs is 1. The molecular formula is C24H34IN5O2. The second-order valence-electron chi connectivity index (χ2n) is 8.37. The molecule has 2 saturated heterocycles. The quantitative estimate of drug-likeness (QED) is 0.250. The van der Waals surface area contributed by atoms with Crippen LogP contribution in [0.5, 0.6) is 0 Å². The Morgan fingerprint density at radius 2 is 1.91 bits per heavy atom. The second-order valence-corrected chi connectivity index (χ2v) is 8.37. The number of carbonyl (C=O) groups is 1. The van der Waals surface area contributed by atoms with Crippen LogP contribution in [0.4, 0.5) is 0 Å². The number of nitrogens with zero attached hydrogens (tertiary/aromatic N) is 3. The third kappa shape index (κ3) is 6.25. The Balaban J connectivity index is 0.00000289. The van der Waals surface area contributed by atoms with Gasteiger partial charge >= 0.3 is 0 Å². The molecule has 2 aliphatic rings. The van der Waals surface area contributed by atoms with Crippen molar-refractivity contribution in [3.8, 4) is 0 Å². The Morgan fingerprint density at radius 1 is 1.09 bits per heavy atom. The minimum Gasteiger partial charge on any atom is -0.459 e. The number of aliphatic imine (C=N–C) groups is 1. The van der Waals surface area contributed by atoms with Gasteiger partial charge in [-0.05, 0) is 49.4 Å². The van der Waals surface area contributed by atoms with Crippen molar-refractivity contribution in [3.05, 3.63) is 60.1 Å². The summed E-state index contributed by atoms with van der Waals surface area (Å²) in [5, 5.41) is 6.27. The summed E-state index contributed by atoms with van der Waals surface area (Å²) in [5.41, 5.74) is 1.40. The van der Waals surface area contributed by atoms with Gasteiger partial charge in [-0.2, -0.15) is 0 Å². The number of furan rings is 1. The van der Waals surface area contributed by atoms with E-state index in [-0.39, 0.29) is 29.9 Å². The number of halogens is 1. The van der Waals surface area contributed by atoms with Crippen molar-refractivity contribution in [2.45, 2.75) is 31.8 Å². The molecule has 174 valence electrons. The number of piperidine rings is 2. The van der Waals surface area contributed by atoms with Gasteiger partial charge in [-0.15, -0.1) is 24.0 Å². The molecule has 2 unspecified atom stereocenters. The first-order chi connectivity index (χ1) is 15.2. The zero-order valence-corrected chi connectivity index (χ0v) is 21.0. The van der Waals surface area contributed by atoms with Gasteiger partial charge in [0.15, 0.2) is 11.7 Å². The standard InChI is InChI=1S/C24H33N5O2.HI/c1-25-24(27-13-12-26-23(30)22-10-6-16-31-22)29-15-11-21-20(18-29)9-5-14-28(21)17-19-7-3-2-4-8-19;/h2-4,6-8,10,16,20-21H,5,9,11-15,17-18H2,1H3,(H,25,27)(H,26,30);1H. The summed E-state index contributed by atoms with van der Waals surface area (Å²) in [6.07, 6.45) is 5.20. The largest absolute Gasteiger partial charge is 0.459 e. The van der Waals surface area contributed by atoms with Gasteiger partial charge in [0, 0.05) is 45.8 Å². The molecule has 2 aromatic rings. The lowest BCUT2D eigenvalue weighted by Crippen LogP contribution is -2.57. The van der Waals surface area contributed by atoms with E-state index in [1.807, 2.05) is 7.05 Å². The van der Waals surface area contributed by atoms with Crippen molar-refractivity contribution in [2.24, 2.45) is 10.9 Å². The molecule has 0 aliphatic carbocycles. The van der Waals surface area contributed by atoms with Gasteiger partial charge in [-0.3, -0.25) is 14.7 Å². The number of guanidine groups is 1. The van der Waals surface area contributed by atoms with E-state index in [0.717, 1.165) is 32.0 Å². The van der Waals surface area contributed by atoms with Crippen molar-refractivity contribution >= 4 is 35.8 Å². The van der Waals surface area contributed by atoms with Crippen LogP contribution in [-0.4, -0.2) is 67.5 Å².